The Morgan fingerprint density at radius 3 is 2.18 bits per heavy atom. The molecule has 0 aromatic heterocycles. The molecule has 0 aromatic rings. The van der Waals surface area contributed by atoms with Gasteiger partial charge in [0, 0.05) is 21.1 Å². The maximum absolute atomic E-state index is 11.7. The number of hydrogen-bond acceptors (Lipinski definition) is 4. The van der Waals surface area contributed by atoms with Crippen LogP contribution in [0.1, 0.15) is 13.3 Å². The van der Waals surface area contributed by atoms with Gasteiger partial charge in [-0.25, -0.2) is 9.59 Å². The van der Waals surface area contributed by atoms with Crippen molar-refractivity contribution in [1.29, 1.82) is 0 Å². The fourth-order valence-corrected chi connectivity index (χ4v) is 3.13. The second-order valence-corrected chi connectivity index (χ2v) is 6.06. The highest BCUT2D eigenvalue weighted by Gasteiger charge is 2.39. The molecule has 0 unspecified atom stereocenters. The molecule has 6 heteroatoms. The summed E-state index contributed by atoms with van der Waals surface area (Å²) < 4.78 is 9.43. The molecule has 0 amide bonds. The molecule has 1 aliphatic carbocycles. The van der Waals surface area contributed by atoms with Crippen molar-refractivity contribution >= 4 is 43.8 Å². The van der Waals surface area contributed by atoms with Crippen LogP contribution in [0.3, 0.4) is 0 Å². The molecule has 0 spiro atoms. The molecule has 0 aromatic carbocycles. The van der Waals surface area contributed by atoms with Gasteiger partial charge in [-0.1, -0.05) is 38.8 Å². The Morgan fingerprint density at radius 1 is 1.18 bits per heavy atom. The lowest BCUT2D eigenvalue weighted by Crippen LogP contribution is -2.35. The zero-order chi connectivity index (χ0) is 13.2. The van der Waals surface area contributed by atoms with Crippen LogP contribution in [0.25, 0.3) is 0 Å². The van der Waals surface area contributed by atoms with E-state index in [4.69, 9.17) is 9.47 Å². The number of methoxy groups -OCH3 is 2. The van der Waals surface area contributed by atoms with Gasteiger partial charge in [0.2, 0.25) is 0 Å². The molecule has 0 saturated carbocycles. The van der Waals surface area contributed by atoms with Crippen LogP contribution < -0.4 is 0 Å². The van der Waals surface area contributed by atoms with Gasteiger partial charge in [-0.3, -0.25) is 0 Å². The Bertz CT molecular complexity index is 364. The molecule has 0 heterocycles. The standard InChI is InChI=1S/C11H14Br2O4/c1-5-8(11(15)17-3)6(10(14)16-2)4-7(12)9(5)13/h5,7,9H,4H2,1-3H3/t5-,7+,9-/m0/s1. The molecule has 0 saturated heterocycles. The molecule has 4 nitrogen and oxygen atoms in total. The van der Waals surface area contributed by atoms with Crippen LogP contribution in [0, 0.1) is 5.92 Å². The van der Waals surface area contributed by atoms with Crippen LogP contribution in [-0.2, 0) is 19.1 Å². The van der Waals surface area contributed by atoms with E-state index in [-0.39, 0.29) is 15.6 Å². The predicted molar refractivity (Wildman–Crippen MR) is 70.3 cm³/mol. The number of halogens is 2. The van der Waals surface area contributed by atoms with Crippen molar-refractivity contribution in [3.8, 4) is 0 Å². The lowest BCUT2D eigenvalue weighted by molar-refractivity contribution is -0.140. The first-order valence-electron chi connectivity index (χ1n) is 5.11. The monoisotopic (exact) mass is 368 g/mol. The van der Waals surface area contributed by atoms with E-state index in [2.05, 4.69) is 31.9 Å². The molecule has 0 N–H and O–H groups in total. The van der Waals surface area contributed by atoms with Crippen LogP contribution in [0.5, 0.6) is 0 Å². The van der Waals surface area contributed by atoms with Crippen molar-refractivity contribution in [2.24, 2.45) is 5.92 Å². The van der Waals surface area contributed by atoms with Crippen molar-refractivity contribution in [2.75, 3.05) is 14.2 Å². The van der Waals surface area contributed by atoms with Gasteiger partial charge in [0.25, 0.3) is 0 Å². The highest BCUT2D eigenvalue weighted by atomic mass is 79.9. The number of carbonyl (C=O) groups is 2. The minimum Gasteiger partial charge on any atom is -0.466 e. The first kappa shape index (κ1) is 14.7. The van der Waals surface area contributed by atoms with Gasteiger partial charge in [0.05, 0.1) is 19.8 Å². The first-order valence-corrected chi connectivity index (χ1v) is 6.95. The Morgan fingerprint density at radius 2 is 1.71 bits per heavy atom. The summed E-state index contributed by atoms with van der Waals surface area (Å²) in [5, 5.41) is 0. The molecule has 96 valence electrons. The third-order valence-electron chi connectivity index (χ3n) is 2.84. The lowest BCUT2D eigenvalue weighted by Gasteiger charge is -2.31. The smallest absolute Gasteiger partial charge is 0.334 e. The van der Waals surface area contributed by atoms with Crippen LogP contribution in [-0.4, -0.2) is 35.8 Å². The highest BCUT2D eigenvalue weighted by molar-refractivity contribution is 9.12. The topological polar surface area (TPSA) is 52.6 Å². The minimum absolute atomic E-state index is 0.0741. The summed E-state index contributed by atoms with van der Waals surface area (Å²) in [5.74, 6) is -1.06. The number of hydrogen-bond donors (Lipinski definition) is 0. The zero-order valence-corrected chi connectivity index (χ0v) is 13.0. The summed E-state index contributed by atoms with van der Waals surface area (Å²) in [6.07, 6.45) is 0.442. The SMILES string of the molecule is COC(=O)C1=C(C(=O)OC)[C@H](C)[C@H](Br)[C@H](Br)C1. The summed E-state index contributed by atoms with van der Waals surface area (Å²) in [5.41, 5.74) is 0.793. The minimum atomic E-state index is -0.471. The van der Waals surface area contributed by atoms with Crippen LogP contribution in [0.2, 0.25) is 0 Å². The quantitative estimate of drug-likeness (QED) is 0.553. The molecule has 0 radical (unpaired) electrons. The fraction of sp³-hybridized carbons (Fsp3) is 0.636. The van der Waals surface area contributed by atoms with Gasteiger partial charge in [-0.15, -0.1) is 0 Å². The average Bonchev–Trinajstić information content (AvgIpc) is 2.33. The summed E-state index contributed by atoms with van der Waals surface area (Å²) in [7, 11) is 2.61. The number of ether oxygens (including phenoxy) is 2. The van der Waals surface area contributed by atoms with E-state index in [1.165, 1.54) is 14.2 Å². The Hall–Kier alpha value is -0.360. The van der Waals surface area contributed by atoms with Gasteiger partial charge in [0.1, 0.15) is 0 Å². The van der Waals surface area contributed by atoms with E-state index in [0.717, 1.165) is 0 Å². The van der Waals surface area contributed by atoms with E-state index in [9.17, 15) is 9.59 Å². The van der Waals surface area contributed by atoms with Crippen LogP contribution in [0.4, 0.5) is 0 Å². The predicted octanol–water partition coefficient (Wildman–Crippen LogP) is 2.20. The molecule has 3 atom stereocenters. The van der Waals surface area contributed by atoms with Crippen molar-refractivity contribution in [3.05, 3.63) is 11.1 Å². The number of esters is 2. The average molecular weight is 370 g/mol. The molecule has 1 aliphatic rings. The zero-order valence-electron chi connectivity index (χ0n) is 9.83. The third-order valence-corrected chi connectivity index (χ3v) is 5.87. The molecule has 17 heavy (non-hydrogen) atoms. The van der Waals surface area contributed by atoms with E-state index in [1.807, 2.05) is 6.92 Å². The molecular formula is C11H14Br2O4. The van der Waals surface area contributed by atoms with Gasteiger partial charge in [-0.05, 0) is 6.42 Å². The van der Waals surface area contributed by atoms with Crippen molar-refractivity contribution in [2.45, 2.75) is 23.0 Å². The first-order chi connectivity index (χ1) is 7.93. The van der Waals surface area contributed by atoms with Gasteiger partial charge in [-0.2, -0.15) is 0 Å². The van der Waals surface area contributed by atoms with Crippen LogP contribution in [0.15, 0.2) is 11.1 Å². The second-order valence-electron chi connectivity index (χ2n) is 3.83. The summed E-state index contributed by atoms with van der Waals surface area (Å²) in [6, 6.07) is 0. The van der Waals surface area contributed by atoms with Crippen LogP contribution >= 0.6 is 31.9 Å². The highest BCUT2D eigenvalue weighted by Crippen LogP contribution is 2.39. The Kier molecular flexibility index (Phi) is 5.19. The second kappa shape index (κ2) is 6.00. The van der Waals surface area contributed by atoms with E-state index in [1.54, 1.807) is 0 Å². The summed E-state index contributed by atoms with van der Waals surface area (Å²) in [6.45, 7) is 1.88. The van der Waals surface area contributed by atoms with E-state index >= 15 is 0 Å². The molecule has 0 bridgehead atoms. The molecule has 0 fully saturated rings. The maximum Gasteiger partial charge on any atom is 0.334 e. The normalized spacial score (nSPS) is 28.9. The maximum atomic E-state index is 11.7. The van der Waals surface area contributed by atoms with Gasteiger partial charge in [0.15, 0.2) is 0 Å². The fourth-order valence-electron chi connectivity index (χ4n) is 1.90. The third kappa shape index (κ3) is 2.91. The largest absolute Gasteiger partial charge is 0.466 e. The summed E-state index contributed by atoms with van der Waals surface area (Å²) in [4.78, 5) is 23.6. The Labute approximate surface area is 117 Å². The van der Waals surface area contributed by atoms with Crippen molar-refractivity contribution in [1.82, 2.24) is 0 Å². The van der Waals surface area contributed by atoms with Gasteiger partial charge < -0.3 is 9.47 Å². The molecular weight excluding hydrogens is 356 g/mol. The lowest BCUT2D eigenvalue weighted by atomic mass is 9.83. The van der Waals surface area contributed by atoms with Crippen molar-refractivity contribution < 1.29 is 19.1 Å². The van der Waals surface area contributed by atoms with Crippen molar-refractivity contribution in [3.63, 3.8) is 0 Å². The number of alkyl halides is 2. The van der Waals surface area contributed by atoms with E-state index in [0.29, 0.717) is 17.6 Å². The number of carbonyl (C=O) groups excluding carboxylic acids is 2. The van der Waals surface area contributed by atoms with Gasteiger partial charge >= 0.3 is 11.9 Å². The van der Waals surface area contributed by atoms with E-state index < -0.39 is 11.9 Å². The Balaban J connectivity index is 3.24. The summed E-state index contributed by atoms with van der Waals surface area (Å²) >= 11 is 7.00. The number of rotatable bonds is 2. The molecule has 0 aliphatic heterocycles. The molecule has 1 rings (SSSR count).